The van der Waals surface area contributed by atoms with Crippen LogP contribution in [0.4, 0.5) is 5.69 Å². The highest BCUT2D eigenvalue weighted by molar-refractivity contribution is 7.92. The van der Waals surface area contributed by atoms with E-state index in [1.54, 1.807) is 18.2 Å². The molecule has 0 unspecified atom stereocenters. The van der Waals surface area contributed by atoms with Gasteiger partial charge in [-0.1, -0.05) is 107 Å². The van der Waals surface area contributed by atoms with Crippen molar-refractivity contribution in [2.24, 2.45) is 0 Å². The molecule has 230 valence electrons. The lowest BCUT2D eigenvalue weighted by atomic mass is 10.0. The summed E-state index contributed by atoms with van der Waals surface area (Å²) in [6.45, 7) is -0.833. The van der Waals surface area contributed by atoms with Crippen molar-refractivity contribution < 1.29 is 18.0 Å². The normalized spacial score (nSPS) is 14.4. The Morgan fingerprint density at radius 1 is 0.860 bits per heavy atom. The van der Waals surface area contributed by atoms with Gasteiger partial charge >= 0.3 is 0 Å². The fourth-order valence-corrected chi connectivity index (χ4v) is 7.14. The van der Waals surface area contributed by atoms with Crippen molar-refractivity contribution in [3.63, 3.8) is 0 Å². The lowest BCUT2D eigenvalue weighted by Gasteiger charge is -2.34. The van der Waals surface area contributed by atoms with Crippen molar-refractivity contribution in [2.45, 2.75) is 50.7 Å². The molecule has 0 aromatic heterocycles. The van der Waals surface area contributed by atoms with Gasteiger partial charge in [0.15, 0.2) is 0 Å². The molecule has 0 heterocycles. The third kappa shape index (κ3) is 8.71. The molecule has 2 amide bonds. The highest BCUT2D eigenvalue weighted by atomic mass is 35.5. The van der Waals surface area contributed by atoms with Gasteiger partial charge in [0.2, 0.25) is 21.8 Å². The largest absolute Gasteiger partial charge is 0.352 e. The van der Waals surface area contributed by atoms with Gasteiger partial charge in [-0.25, -0.2) is 8.42 Å². The lowest BCUT2D eigenvalue weighted by molar-refractivity contribution is -0.140. The maximum Gasteiger partial charge on any atom is 0.244 e. The maximum atomic E-state index is 14.3. The van der Waals surface area contributed by atoms with Crippen molar-refractivity contribution in [3.05, 3.63) is 96.9 Å². The van der Waals surface area contributed by atoms with E-state index in [1.807, 2.05) is 30.3 Å². The molecule has 0 bridgehead atoms. The van der Waals surface area contributed by atoms with E-state index < -0.39 is 28.5 Å². The first-order valence-electron chi connectivity index (χ1n) is 13.5. The Morgan fingerprint density at radius 2 is 1.47 bits per heavy atom. The zero-order chi connectivity index (χ0) is 31.3. The molecule has 1 atom stereocenters. The number of hydrogen-bond acceptors (Lipinski definition) is 4. The van der Waals surface area contributed by atoms with Crippen LogP contribution in [0.2, 0.25) is 25.1 Å². The van der Waals surface area contributed by atoms with E-state index >= 15 is 0 Å². The van der Waals surface area contributed by atoms with Gasteiger partial charge in [0.1, 0.15) is 12.6 Å². The standard InChI is InChI=1S/C30H30Cl5N3O4S/c1-43(41,42)38(27-16-25(34)24(33)15-26(27)35)18-29(39)37(17-21-22(31)12-7-13-23(21)32)28(14-19-8-3-2-4-9-19)30(40)36-20-10-5-6-11-20/h2-4,7-9,12-13,15-16,20,28H,5-6,10-11,14,17-18H2,1H3,(H,36,40)/t28-/m0/s1. The number of hydrogen-bond donors (Lipinski definition) is 1. The second kappa shape index (κ2) is 14.7. The van der Waals surface area contributed by atoms with Crippen LogP contribution in [0.1, 0.15) is 36.8 Å². The predicted octanol–water partition coefficient (Wildman–Crippen LogP) is 7.42. The van der Waals surface area contributed by atoms with E-state index in [-0.39, 0.29) is 45.7 Å². The van der Waals surface area contributed by atoms with Crippen LogP contribution in [0, 0.1) is 0 Å². The Labute approximate surface area is 277 Å². The zero-order valence-corrected chi connectivity index (χ0v) is 27.8. The molecule has 13 heteroatoms. The van der Waals surface area contributed by atoms with Gasteiger partial charge in [-0.15, -0.1) is 0 Å². The van der Waals surface area contributed by atoms with Gasteiger partial charge in [0, 0.05) is 34.6 Å². The molecule has 1 aliphatic carbocycles. The summed E-state index contributed by atoms with van der Waals surface area (Å²) in [4.78, 5) is 29.6. The molecular formula is C30H30Cl5N3O4S. The highest BCUT2D eigenvalue weighted by Crippen LogP contribution is 2.36. The molecule has 7 nitrogen and oxygen atoms in total. The number of carbonyl (C=O) groups excluding carboxylic acids is 2. The lowest BCUT2D eigenvalue weighted by Crippen LogP contribution is -2.54. The van der Waals surface area contributed by atoms with Gasteiger partial charge < -0.3 is 10.2 Å². The van der Waals surface area contributed by atoms with Crippen LogP contribution in [0.15, 0.2) is 60.7 Å². The van der Waals surface area contributed by atoms with Crippen molar-refractivity contribution >= 4 is 85.5 Å². The second-order valence-corrected chi connectivity index (χ2v) is 14.3. The van der Waals surface area contributed by atoms with Crippen molar-refractivity contribution in [2.75, 3.05) is 17.1 Å². The van der Waals surface area contributed by atoms with E-state index in [0.717, 1.165) is 41.8 Å². The summed E-state index contributed by atoms with van der Waals surface area (Å²) in [5, 5.41) is 3.86. The summed E-state index contributed by atoms with van der Waals surface area (Å²) in [6.07, 6.45) is 4.79. The van der Waals surface area contributed by atoms with Crippen LogP contribution in [-0.4, -0.2) is 50.0 Å². The number of sulfonamides is 1. The molecule has 0 aliphatic heterocycles. The van der Waals surface area contributed by atoms with Crippen LogP contribution in [0.5, 0.6) is 0 Å². The molecule has 0 radical (unpaired) electrons. The first-order valence-corrected chi connectivity index (χ1v) is 17.3. The SMILES string of the molecule is CS(=O)(=O)N(CC(=O)N(Cc1c(Cl)cccc1Cl)[C@@H](Cc1ccccc1)C(=O)NC1CCCC1)c1cc(Cl)c(Cl)cc1Cl. The fourth-order valence-electron chi connectivity index (χ4n) is 5.07. The number of carbonyl (C=O) groups is 2. The molecule has 1 N–H and O–H groups in total. The van der Waals surface area contributed by atoms with Crippen LogP contribution >= 0.6 is 58.0 Å². The smallest absolute Gasteiger partial charge is 0.244 e. The van der Waals surface area contributed by atoms with Crippen LogP contribution < -0.4 is 9.62 Å². The fraction of sp³-hybridized carbons (Fsp3) is 0.333. The Morgan fingerprint density at radius 3 is 2.07 bits per heavy atom. The first kappa shape index (κ1) is 33.7. The molecule has 1 aliphatic rings. The van der Waals surface area contributed by atoms with Crippen LogP contribution in [-0.2, 0) is 32.6 Å². The number of anilines is 1. The highest BCUT2D eigenvalue weighted by Gasteiger charge is 2.35. The first-order chi connectivity index (χ1) is 20.3. The Bertz CT molecular complexity index is 1560. The van der Waals surface area contributed by atoms with Gasteiger partial charge in [-0.3, -0.25) is 13.9 Å². The minimum absolute atomic E-state index is 0.0193. The number of amides is 2. The Balaban J connectivity index is 1.79. The molecule has 1 fully saturated rings. The number of benzene rings is 3. The Hall–Kier alpha value is -2.20. The number of halogens is 5. The number of nitrogens with one attached hydrogen (secondary N) is 1. The quantitative estimate of drug-likeness (QED) is 0.211. The minimum atomic E-state index is -4.06. The van der Waals surface area contributed by atoms with Crippen molar-refractivity contribution in [3.8, 4) is 0 Å². The molecule has 3 aromatic rings. The zero-order valence-electron chi connectivity index (χ0n) is 23.2. The van der Waals surface area contributed by atoms with Crippen LogP contribution in [0.25, 0.3) is 0 Å². The summed E-state index contributed by atoms with van der Waals surface area (Å²) in [5.74, 6) is -1.03. The molecular weight excluding hydrogens is 676 g/mol. The van der Waals surface area contributed by atoms with E-state index in [4.69, 9.17) is 58.0 Å². The minimum Gasteiger partial charge on any atom is -0.352 e. The maximum absolute atomic E-state index is 14.3. The third-order valence-corrected chi connectivity index (χ3v) is 10.2. The molecule has 43 heavy (non-hydrogen) atoms. The average Bonchev–Trinajstić information content (AvgIpc) is 3.46. The van der Waals surface area contributed by atoms with E-state index in [0.29, 0.717) is 15.6 Å². The monoisotopic (exact) mass is 703 g/mol. The third-order valence-electron chi connectivity index (χ3n) is 7.30. The molecule has 0 saturated heterocycles. The van der Waals surface area contributed by atoms with Gasteiger partial charge in [0.25, 0.3) is 0 Å². The van der Waals surface area contributed by atoms with Gasteiger partial charge in [-0.2, -0.15) is 0 Å². The van der Waals surface area contributed by atoms with E-state index in [2.05, 4.69) is 5.32 Å². The Kier molecular flexibility index (Phi) is 11.5. The molecule has 1 saturated carbocycles. The number of nitrogens with zero attached hydrogens (tertiary/aromatic N) is 2. The summed E-state index contributed by atoms with van der Waals surface area (Å²) < 4.78 is 26.9. The molecule has 0 spiro atoms. The van der Waals surface area contributed by atoms with Crippen molar-refractivity contribution in [1.29, 1.82) is 0 Å². The second-order valence-electron chi connectivity index (χ2n) is 10.4. The van der Waals surface area contributed by atoms with E-state index in [9.17, 15) is 18.0 Å². The summed E-state index contributed by atoms with van der Waals surface area (Å²) in [5.41, 5.74) is 1.20. The summed E-state index contributed by atoms with van der Waals surface area (Å²) >= 11 is 31.7. The number of rotatable bonds is 11. The van der Waals surface area contributed by atoms with Crippen LogP contribution in [0.3, 0.4) is 0 Å². The predicted molar refractivity (Wildman–Crippen MR) is 175 cm³/mol. The topological polar surface area (TPSA) is 86.8 Å². The van der Waals surface area contributed by atoms with Crippen molar-refractivity contribution in [1.82, 2.24) is 10.2 Å². The summed E-state index contributed by atoms with van der Waals surface area (Å²) in [6, 6.07) is 15.7. The van der Waals surface area contributed by atoms with Gasteiger partial charge in [-0.05, 0) is 42.7 Å². The molecule has 3 aromatic carbocycles. The summed E-state index contributed by atoms with van der Waals surface area (Å²) in [7, 11) is -4.06. The molecule has 4 rings (SSSR count). The van der Waals surface area contributed by atoms with Gasteiger partial charge in [0.05, 0.1) is 27.0 Å². The average molecular weight is 706 g/mol. The van der Waals surface area contributed by atoms with E-state index in [1.165, 1.54) is 17.0 Å².